The maximum absolute atomic E-state index is 12.3. The molecule has 7 nitrogen and oxygen atoms in total. The lowest BCUT2D eigenvalue weighted by Gasteiger charge is -2.26. The number of carbonyl (C=O) groups excluding carboxylic acids is 1. The highest BCUT2D eigenvalue weighted by atomic mass is 16.6. The first kappa shape index (κ1) is 16.5. The molecule has 1 aliphatic heterocycles. The average molecular weight is 332 g/mol. The molecule has 3 heterocycles. The summed E-state index contributed by atoms with van der Waals surface area (Å²) in [5, 5.41) is 0. The van der Waals surface area contributed by atoms with Crippen molar-refractivity contribution in [3.63, 3.8) is 0 Å². The zero-order valence-electron chi connectivity index (χ0n) is 14.8. The molecule has 1 atom stereocenters. The minimum absolute atomic E-state index is 0.153. The monoisotopic (exact) mass is 332 g/mol. The van der Waals surface area contributed by atoms with E-state index in [1.54, 1.807) is 11.1 Å². The summed E-state index contributed by atoms with van der Waals surface area (Å²) in [6.45, 7) is 10.6. The molecular weight excluding hydrogens is 308 g/mol. The van der Waals surface area contributed by atoms with Crippen LogP contribution in [0.15, 0.2) is 17.2 Å². The van der Waals surface area contributed by atoms with Crippen LogP contribution >= 0.6 is 0 Å². The number of nitrogens with one attached hydrogen (secondary N) is 1. The normalized spacial score (nSPS) is 21.5. The fourth-order valence-corrected chi connectivity index (χ4v) is 3.20. The number of hydrogen-bond acceptors (Lipinski definition) is 4. The molecule has 0 radical (unpaired) electrons. The number of likely N-dealkylation sites (tertiary alicyclic amines) is 1. The van der Waals surface area contributed by atoms with Gasteiger partial charge in [-0.1, -0.05) is 6.92 Å². The van der Waals surface area contributed by atoms with Crippen molar-refractivity contribution in [2.75, 3.05) is 13.1 Å². The van der Waals surface area contributed by atoms with Gasteiger partial charge in [-0.2, -0.15) is 0 Å². The van der Waals surface area contributed by atoms with Crippen molar-refractivity contribution < 1.29 is 9.53 Å². The number of ether oxygens (including phenoxy) is 1. The van der Waals surface area contributed by atoms with Gasteiger partial charge in [0.15, 0.2) is 0 Å². The van der Waals surface area contributed by atoms with Crippen LogP contribution in [-0.2, 0) is 10.2 Å². The van der Waals surface area contributed by atoms with Crippen LogP contribution in [0.4, 0.5) is 4.79 Å². The number of nitrogens with zero attached hydrogens (tertiary/aromatic N) is 3. The maximum atomic E-state index is 12.3. The largest absolute Gasteiger partial charge is 0.444 e. The quantitative estimate of drug-likeness (QED) is 0.868. The lowest BCUT2D eigenvalue weighted by molar-refractivity contribution is 0.0285. The molecule has 2 aromatic heterocycles. The van der Waals surface area contributed by atoms with E-state index in [-0.39, 0.29) is 17.1 Å². The number of aromatic amines is 1. The van der Waals surface area contributed by atoms with Crippen LogP contribution < -0.4 is 5.56 Å². The lowest BCUT2D eigenvalue weighted by atomic mass is 9.89. The fourth-order valence-electron chi connectivity index (χ4n) is 3.20. The van der Waals surface area contributed by atoms with Gasteiger partial charge in [0.2, 0.25) is 0 Å². The van der Waals surface area contributed by atoms with E-state index in [0.29, 0.717) is 18.6 Å². The van der Waals surface area contributed by atoms with Gasteiger partial charge in [-0.3, -0.25) is 9.20 Å². The number of aryl methyl sites for hydroxylation is 1. The highest BCUT2D eigenvalue weighted by Crippen LogP contribution is 2.34. The van der Waals surface area contributed by atoms with Crippen molar-refractivity contribution in [1.82, 2.24) is 19.3 Å². The van der Waals surface area contributed by atoms with Crippen LogP contribution in [0.1, 0.15) is 45.6 Å². The second kappa shape index (κ2) is 5.36. The van der Waals surface area contributed by atoms with Gasteiger partial charge in [-0.05, 0) is 34.1 Å². The van der Waals surface area contributed by atoms with Crippen LogP contribution in [0, 0.1) is 6.92 Å². The molecule has 0 saturated carbocycles. The molecule has 2 aromatic rings. The zero-order valence-corrected chi connectivity index (χ0v) is 14.8. The summed E-state index contributed by atoms with van der Waals surface area (Å²) in [6.07, 6.45) is 3.94. The third-order valence-corrected chi connectivity index (χ3v) is 4.33. The third kappa shape index (κ3) is 2.90. The van der Waals surface area contributed by atoms with Crippen LogP contribution in [0.3, 0.4) is 0 Å². The summed E-state index contributed by atoms with van der Waals surface area (Å²) in [7, 11) is 0. The molecule has 0 aliphatic carbocycles. The second-order valence-corrected chi connectivity index (χ2v) is 7.82. The molecule has 1 unspecified atom stereocenters. The molecule has 1 saturated heterocycles. The number of hydrogen-bond donors (Lipinski definition) is 1. The molecule has 0 aromatic carbocycles. The Hall–Kier alpha value is -2.31. The van der Waals surface area contributed by atoms with Gasteiger partial charge < -0.3 is 14.6 Å². The summed E-state index contributed by atoms with van der Waals surface area (Å²) in [6, 6.07) is 0. The second-order valence-electron chi connectivity index (χ2n) is 7.82. The van der Waals surface area contributed by atoms with E-state index < -0.39 is 5.60 Å². The summed E-state index contributed by atoms with van der Waals surface area (Å²) in [5.74, 6) is 0.803. The van der Waals surface area contributed by atoms with Crippen molar-refractivity contribution in [2.24, 2.45) is 0 Å². The summed E-state index contributed by atoms with van der Waals surface area (Å²) in [5.41, 5.74) is 0.313. The zero-order chi connectivity index (χ0) is 17.7. The Morgan fingerprint density at radius 2 is 2.12 bits per heavy atom. The van der Waals surface area contributed by atoms with Crippen molar-refractivity contribution in [3.05, 3.63) is 34.3 Å². The van der Waals surface area contributed by atoms with Crippen LogP contribution in [0.5, 0.6) is 0 Å². The van der Waals surface area contributed by atoms with Crippen LogP contribution in [-0.4, -0.2) is 44.1 Å². The topological polar surface area (TPSA) is 79.7 Å². The molecule has 130 valence electrons. The molecule has 1 fully saturated rings. The van der Waals surface area contributed by atoms with Gasteiger partial charge in [0.25, 0.3) is 5.56 Å². The van der Waals surface area contributed by atoms with Gasteiger partial charge in [-0.15, -0.1) is 0 Å². The first-order valence-electron chi connectivity index (χ1n) is 8.14. The predicted molar refractivity (Wildman–Crippen MR) is 90.3 cm³/mol. The van der Waals surface area contributed by atoms with Crippen LogP contribution in [0.25, 0.3) is 5.52 Å². The smallest absolute Gasteiger partial charge is 0.410 e. The lowest BCUT2D eigenvalue weighted by Crippen LogP contribution is -2.37. The van der Waals surface area contributed by atoms with Crippen LogP contribution in [0.2, 0.25) is 0 Å². The Kier molecular flexibility index (Phi) is 3.69. The molecule has 1 amide bonds. The van der Waals surface area contributed by atoms with E-state index in [0.717, 1.165) is 17.9 Å². The van der Waals surface area contributed by atoms with Gasteiger partial charge in [-0.25, -0.2) is 9.78 Å². The number of imidazole rings is 1. The van der Waals surface area contributed by atoms with E-state index in [1.165, 1.54) is 0 Å². The van der Waals surface area contributed by atoms with Crippen molar-refractivity contribution >= 4 is 11.6 Å². The molecule has 0 spiro atoms. The minimum Gasteiger partial charge on any atom is -0.444 e. The Morgan fingerprint density at radius 3 is 2.79 bits per heavy atom. The Bertz CT molecular complexity index is 846. The Labute approximate surface area is 140 Å². The van der Waals surface area contributed by atoms with Crippen molar-refractivity contribution in [3.8, 4) is 0 Å². The Balaban J connectivity index is 1.91. The van der Waals surface area contributed by atoms with Crippen molar-refractivity contribution in [2.45, 2.75) is 52.1 Å². The maximum Gasteiger partial charge on any atom is 0.410 e. The molecule has 1 N–H and O–H groups in total. The minimum atomic E-state index is -0.513. The number of amides is 1. The third-order valence-electron chi connectivity index (χ3n) is 4.33. The first-order chi connectivity index (χ1) is 11.1. The summed E-state index contributed by atoms with van der Waals surface area (Å²) >= 11 is 0. The molecule has 1 aliphatic rings. The number of rotatable bonds is 1. The molecule has 3 rings (SSSR count). The van der Waals surface area contributed by atoms with Gasteiger partial charge in [0.05, 0.1) is 6.20 Å². The highest BCUT2D eigenvalue weighted by Gasteiger charge is 2.41. The summed E-state index contributed by atoms with van der Waals surface area (Å²) in [4.78, 5) is 33.4. The summed E-state index contributed by atoms with van der Waals surface area (Å²) < 4.78 is 7.30. The predicted octanol–water partition coefficient (Wildman–Crippen LogP) is 2.23. The van der Waals surface area contributed by atoms with E-state index in [4.69, 9.17) is 4.74 Å². The SMILES string of the molecule is Cc1cn2c(C3(C)CCN(C(=O)OC(C)(C)C)C3)ncc2c(=O)[nH]1. The van der Waals surface area contributed by atoms with E-state index >= 15 is 0 Å². The van der Waals surface area contributed by atoms with Gasteiger partial charge in [0, 0.05) is 30.4 Å². The van der Waals surface area contributed by atoms with E-state index in [2.05, 4.69) is 16.9 Å². The fraction of sp³-hybridized carbons (Fsp3) is 0.588. The molecular formula is C17H24N4O3. The highest BCUT2D eigenvalue weighted by molar-refractivity contribution is 5.69. The van der Waals surface area contributed by atoms with Crippen molar-refractivity contribution in [1.29, 1.82) is 0 Å². The Morgan fingerprint density at radius 1 is 1.42 bits per heavy atom. The molecule has 7 heteroatoms. The number of carbonyl (C=O) groups is 1. The molecule has 0 bridgehead atoms. The average Bonchev–Trinajstić information content (AvgIpc) is 3.01. The van der Waals surface area contributed by atoms with Gasteiger partial charge >= 0.3 is 6.09 Å². The number of H-pyrrole nitrogens is 1. The molecule has 24 heavy (non-hydrogen) atoms. The number of aromatic nitrogens is 3. The number of fused-ring (bicyclic) bond motifs is 1. The standard InChI is InChI=1S/C17H24N4O3/c1-11-9-21-12(13(22)19-11)8-18-14(21)17(5)6-7-20(10-17)15(23)24-16(2,3)4/h8-9H,6-7,10H2,1-5H3,(H,19,22). The first-order valence-corrected chi connectivity index (χ1v) is 8.14. The van der Waals surface area contributed by atoms with E-state index in [9.17, 15) is 9.59 Å². The van der Waals surface area contributed by atoms with Gasteiger partial charge in [0.1, 0.15) is 16.9 Å². The van der Waals surface area contributed by atoms with E-state index in [1.807, 2.05) is 38.3 Å².